The van der Waals surface area contributed by atoms with E-state index in [1.165, 1.54) is 0 Å². The van der Waals surface area contributed by atoms with Crippen LogP contribution in [0.5, 0.6) is 0 Å². The fourth-order valence-electron chi connectivity index (χ4n) is 3.00. The lowest BCUT2D eigenvalue weighted by Crippen LogP contribution is -2.38. The summed E-state index contributed by atoms with van der Waals surface area (Å²) in [5.74, 6) is -0.000848. The van der Waals surface area contributed by atoms with E-state index in [-0.39, 0.29) is 12.5 Å². The number of H-pyrrole nitrogens is 1. The van der Waals surface area contributed by atoms with Crippen molar-refractivity contribution in [2.45, 2.75) is 25.7 Å². The van der Waals surface area contributed by atoms with Gasteiger partial charge in [0.05, 0.1) is 31.0 Å². The van der Waals surface area contributed by atoms with Crippen LogP contribution in [0.1, 0.15) is 16.8 Å². The Labute approximate surface area is 146 Å². The highest BCUT2D eigenvalue weighted by molar-refractivity contribution is 5.78. The smallest absolute Gasteiger partial charge is 0.227 e. The van der Waals surface area contributed by atoms with Gasteiger partial charge in [0.15, 0.2) is 0 Å². The standard InChI is InChI=1S/C17H23N5O3/c23-12-14-3-1-13(2-4-14)7-17(25)22-6-5-21(10-16(24)11-22)9-15-8-18-20-19-15/h1-4,8,16,23-24H,5-7,9-12H2,(H,18,19,20). The molecule has 8 nitrogen and oxygen atoms in total. The normalized spacial score (nSPS) is 19.0. The van der Waals surface area contributed by atoms with E-state index in [2.05, 4.69) is 20.3 Å². The molecule has 1 aromatic carbocycles. The van der Waals surface area contributed by atoms with E-state index < -0.39 is 6.10 Å². The van der Waals surface area contributed by atoms with Crippen molar-refractivity contribution in [2.24, 2.45) is 0 Å². The zero-order chi connectivity index (χ0) is 17.6. The van der Waals surface area contributed by atoms with Gasteiger partial charge in [0.25, 0.3) is 0 Å². The van der Waals surface area contributed by atoms with Gasteiger partial charge in [-0.1, -0.05) is 24.3 Å². The second-order valence-corrected chi connectivity index (χ2v) is 6.34. The first-order valence-corrected chi connectivity index (χ1v) is 8.35. The molecule has 1 saturated heterocycles. The molecule has 0 bridgehead atoms. The lowest BCUT2D eigenvalue weighted by atomic mass is 10.1. The average Bonchev–Trinajstić information content (AvgIpc) is 3.04. The van der Waals surface area contributed by atoms with Crippen molar-refractivity contribution in [1.29, 1.82) is 0 Å². The Bertz CT molecular complexity index is 674. The number of aliphatic hydroxyl groups is 2. The Kier molecular flexibility index (Phi) is 5.75. The van der Waals surface area contributed by atoms with Crippen LogP contribution in [-0.2, 0) is 24.4 Å². The van der Waals surface area contributed by atoms with E-state index in [9.17, 15) is 9.90 Å². The minimum absolute atomic E-state index is 0.000848. The van der Waals surface area contributed by atoms with Crippen LogP contribution in [0.2, 0.25) is 0 Å². The molecule has 1 fully saturated rings. The topological polar surface area (TPSA) is 106 Å². The van der Waals surface area contributed by atoms with E-state index in [4.69, 9.17) is 5.11 Å². The van der Waals surface area contributed by atoms with Crippen molar-refractivity contribution in [3.63, 3.8) is 0 Å². The molecule has 0 spiro atoms. The number of carbonyl (C=O) groups is 1. The predicted molar refractivity (Wildman–Crippen MR) is 90.3 cm³/mol. The molecule has 2 heterocycles. The van der Waals surface area contributed by atoms with E-state index in [0.717, 1.165) is 16.8 Å². The van der Waals surface area contributed by atoms with Crippen LogP contribution < -0.4 is 0 Å². The Morgan fingerprint density at radius 3 is 2.64 bits per heavy atom. The quantitative estimate of drug-likeness (QED) is 0.678. The number of aromatic amines is 1. The van der Waals surface area contributed by atoms with Crippen molar-refractivity contribution >= 4 is 5.91 Å². The first-order chi connectivity index (χ1) is 12.1. The maximum absolute atomic E-state index is 12.6. The largest absolute Gasteiger partial charge is 0.392 e. The maximum Gasteiger partial charge on any atom is 0.227 e. The van der Waals surface area contributed by atoms with Gasteiger partial charge in [-0.25, -0.2) is 0 Å². The van der Waals surface area contributed by atoms with Crippen LogP contribution in [0, 0.1) is 0 Å². The monoisotopic (exact) mass is 345 g/mol. The second kappa shape index (κ2) is 8.19. The third-order valence-electron chi connectivity index (χ3n) is 4.35. The number of aliphatic hydroxyl groups excluding tert-OH is 2. The summed E-state index contributed by atoms with van der Waals surface area (Å²) in [7, 11) is 0. The summed E-state index contributed by atoms with van der Waals surface area (Å²) in [5.41, 5.74) is 2.54. The highest BCUT2D eigenvalue weighted by Gasteiger charge is 2.24. The number of carbonyl (C=O) groups excluding carboxylic acids is 1. The summed E-state index contributed by atoms with van der Waals surface area (Å²) in [4.78, 5) is 16.4. The number of hydrogen-bond donors (Lipinski definition) is 3. The second-order valence-electron chi connectivity index (χ2n) is 6.34. The van der Waals surface area contributed by atoms with E-state index in [1.54, 1.807) is 11.1 Å². The van der Waals surface area contributed by atoms with Gasteiger partial charge in [0.2, 0.25) is 5.91 Å². The number of aromatic nitrogens is 3. The molecule has 1 aliphatic rings. The van der Waals surface area contributed by atoms with E-state index >= 15 is 0 Å². The molecule has 134 valence electrons. The van der Waals surface area contributed by atoms with Crippen LogP contribution in [0.4, 0.5) is 0 Å². The molecule has 3 N–H and O–H groups in total. The summed E-state index contributed by atoms with van der Waals surface area (Å²) >= 11 is 0. The summed E-state index contributed by atoms with van der Waals surface area (Å²) in [5, 5.41) is 29.7. The van der Waals surface area contributed by atoms with Crippen LogP contribution in [0.3, 0.4) is 0 Å². The van der Waals surface area contributed by atoms with Crippen LogP contribution in [0.25, 0.3) is 0 Å². The van der Waals surface area contributed by atoms with Crippen LogP contribution in [-0.4, -0.2) is 73.6 Å². The Hall–Kier alpha value is -2.29. The van der Waals surface area contributed by atoms with Crippen molar-refractivity contribution < 1.29 is 15.0 Å². The molecule has 0 saturated carbocycles. The van der Waals surface area contributed by atoms with Gasteiger partial charge in [-0.15, -0.1) is 0 Å². The van der Waals surface area contributed by atoms with Gasteiger partial charge in [-0.05, 0) is 11.1 Å². The van der Waals surface area contributed by atoms with E-state index in [1.807, 2.05) is 24.3 Å². The minimum Gasteiger partial charge on any atom is -0.392 e. The van der Waals surface area contributed by atoms with Gasteiger partial charge in [0, 0.05) is 32.7 Å². The number of benzene rings is 1. The molecule has 2 aromatic rings. The van der Waals surface area contributed by atoms with Gasteiger partial charge in [0.1, 0.15) is 0 Å². The van der Waals surface area contributed by atoms with Crippen molar-refractivity contribution in [2.75, 3.05) is 26.2 Å². The molecule has 1 amide bonds. The number of amides is 1. The molecule has 1 aliphatic heterocycles. The summed E-state index contributed by atoms with van der Waals surface area (Å²) in [6, 6.07) is 7.35. The fourth-order valence-corrected chi connectivity index (χ4v) is 3.00. The highest BCUT2D eigenvalue weighted by atomic mass is 16.3. The maximum atomic E-state index is 12.6. The lowest BCUT2D eigenvalue weighted by molar-refractivity contribution is -0.131. The molecule has 3 rings (SSSR count). The van der Waals surface area contributed by atoms with E-state index in [0.29, 0.717) is 39.1 Å². The first-order valence-electron chi connectivity index (χ1n) is 8.35. The summed E-state index contributed by atoms with van der Waals surface area (Å²) in [6.07, 6.45) is 1.37. The molecule has 1 unspecified atom stereocenters. The minimum atomic E-state index is -0.588. The Morgan fingerprint density at radius 2 is 1.96 bits per heavy atom. The van der Waals surface area contributed by atoms with Gasteiger partial charge in [-0.3, -0.25) is 9.69 Å². The predicted octanol–water partition coefficient (Wildman–Crippen LogP) is -0.455. The number of nitrogens with zero attached hydrogens (tertiary/aromatic N) is 4. The summed E-state index contributed by atoms with van der Waals surface area (Å²) in [6.45, 7) is 2.68. The zero-order valence-electron chi connectivity index (χ0n) is 14.0. The molecule has 1 atom stereocenters. The first kappa shape index (κ1) is 17.5. The molecule has 8 heteroatoms. The molecule has 1 aromatic heterocycles. The van der Waals surface area contributed by atoms with Crippen LogP contribution >= 0.6 is 0 Å². The molecular weight excluding hydrogens is 322 g/mol. The molecule has 0 radical (unpaired) electrons. The third-order valence-corrected chi connectivity index (χ3v) is 4.35. The molecule has 0 aliphatic carbocycles. The van der Waals surface area contributed by atoms with Gasteiger partial charge >= 0.3 is 0 Å². The summed E-state index contributed by atoms with van der Waals surface area (Å²) < 4.78 is 0. The number of nitrogens with one attached hydrogen (secondary N) is 1. The number of β-amino-alcohol motifs (C(OH)–C–C–N with tert-alkyl or cyclic N) is 1. The Balaban J connectivity index is 1.57. The lowest BCUT2D eigenvalue weighted by Gasteiger charge is -2.22. The Morgan fingerprint density at radius 1 is 1.20 bits per heavy atom. The van der Waals surface area contributed by atoms with Crippen LogP contribution in [0.15, 0.2) is 30.5 Å². The highest BCUT2D eigenvalue weighted by Crippen LogP contribution is 2.11. The van der Waals surface area contributed by atoms with Crippen molar-refractivity contribution in [1.82, 2.24) is 25.2 Å². The number of hydrogen-bond acceptors (Lipinski definition) is 6. The third kappa shape index (κ3) is 4.85. The average molecular weight is 345 g/mol. The fraction of sp³-hybridized carbons (Fsp3) is 0.471. The molecule has 25 heavy (non-hydrogen) atoms. The van der Waals surface area contributed by atoms with Crippen molar-refractivity contribution in [3.05, 3.63) is 47.3 Å². The SMILES string of the molecule is O=C(Cc1ccc(CO)cc1)N1CCN(Cc2cn[nH]n2)CC(O)C1. The number of rotatable bonds is 5. The van der Waals surface area contributed by atoms with Gasteiger partial charge in [-0.2, -0.15) is 15.4 Å². The zero-order valence-corrected chi connectivity index (χ0v) is 14.0. The molecular formula is C17H23N5O3. The van der Waals surface area contributed by atoms with Crippen molar-refractivity contribution in [3.8, 4) is 0 Å². The van der Waals surface area contributed by atoms with Gasteiger partial charge < -0.3 is 15.1 Å².